The Balaban J connectivity index is 1.44. The molecule has 0 radical (unpaired) electrons. The van der Waals surface area contributed by atoms with Gasteiger partial charge in [0, 0.05) is 0 Å². The summed E-state index contributed by atoms with van der Waals surface area (Å²) in [5, 5.41) is 0. The van der Waals surface area contributed by atoms with Crippen molar-refractivity contribution in [2.45, 2.75) is 57.1 Å². The van der Waals surface area contributed by atoms with E-state index in [1.54, 1.807) is 0 Å². The standard InChI is InChI=1S/C16H25NO2/c1-17-4-2-3-14(17)16(18)19-15-12-6-10-5-11(8-12)9-13(15)7-10/h10-15H,2-9H2,1H3. The van der Waals surface area contributed by atoms with Crippen LogP contribution >= 0.6 is 0 Å². The lowest BCUT2D eigenvalue weighted by Crippen LogP contribution is -2.51. The molecule has 3 nitrogen and oxygen atoms in total. The average molecular weight is 263 g/mol. The van der Waals surface area contributed by atoms with Gasteiger partial charge in [0.2, 0.25) is 0 Å². The van der Waals surface area contributed by atoms with E-state index in [9.17, 15) is 4.79 Å². The summed E-state index contributed by atoms with van der Waals surface area (Å²) in [7, 11) is 2.05. The first kappa shape index (κ1) is 12.2. The van der Waals surface area contributed by atoms with E-state index in [1.165, 1.54) is 32.1 Å². The molecule has 0 aromatic rings. The van der Waals surface area contributed by atoms with Crippen molar-refractivity contribution in [1.29, 1.82) is 0 Å². The summed E-state index contributed by atoms with van der Waals surface area (Å²) in [6.45, 7) is 1.04. The van der Waals surface area contributed by atoms with Crippen molar-refractivity contribution < 1.29 is 9.53 Å². The third-order valence-electron chi connectivity index (χ3n) is 6.18. The highest BCUT2D eigenvalue weighted by Gasteiger charge is 2.50. The summed E-state index contributed by atoms with van der Waals surface area (Å²) in [5.74, 6) is 3.34. The molecule has 4 aliphatic carbocycles. The quantitative estimate of drug-likeness (QED) is 0.717. The average Bonchev–Trinajstić information content (AvgIpc) is 2.79. The predicted octanol–water partition coefficient (Wildman–Crippen LogP) is 2.45. The second-order valence-electron chi connectivity index (χ2n) is 7.47. The van der Waals surface area contributed by atoms with Crippen LogP contribution < -0.4 is 0 Å². The highest BCUT2D eigenvalue weighted by Crippen LogP contribution is 2.54. The van der Waals surface area contributed by atoms with Gasteiger partial charge in [-0.05, 0) is 82.2 Å². The fourth-order valence-electron chi connectivity index (χ4n) is 5.49. The zero-order valence-corrected chi connectivity index (χ0v) is 11.9. The molecular weight excluding hydrogens is 238 g/mol. The fourth-order valence-corrected chi connectivity index (χ4v) is 5.49. The molecule has 0 aromatic heterocycles. The van der Waals surface area contributed by atoms with Crippen LogP contribution in [0.2, 0.25) is 0 Å². The Labute approximate surface area is 115 Å². The molecule has 1 unspecified atom stereocenters. The number of carbonyl (C=O) groups is 1. The van der Waals surface area contributed by atoms with Crippen LogP contribution in [-0.4, -0.2) is 36.6 Å². The number of carbonyl (C=O) groups excluding carboxylic acids is 1. The minimum Gasteiger partial charge on any atom is -0.461 e. The first-order valence-electron chi connectivity index (χ1n) is 8.11. The van der Waals surface area contributed by atoms with Crippen molar-refractivity contribution in [1.82, 2.24) is 4.90 Å². The highest BCUT2D eigenvalue weighted by atomic mass is 16.5. The fraction of sp³-hybridized carbons (Fsp3) is 0.938. The van der Waals surface area contributed by atoms with Crippen LogP contribution in [0.25, 0.3) is 0 Å². The summed E-state index contributed by atoms with van der Waals surface area (Å²) in [6.07, 6.45) is 9.14. The van der Waals surface area contributed by atoms with Gasteiger partial charge in [0.05, 0.1) is 0 Å². The van der Waals surface area contributed by atoms with Gasteiger partial charge in [0.15, 0.2) is 0 Å². The summed E-state index contributed by atoms with van der Waals surface area (Å²) < 4.78 is 6.00. The van der Waals surface area contributed by atoms with Crippen LogP contribution in [0.4, 0.5) is 0 Å². The number of ether oxygens (including phenoxy) is 1. The largest absolute Gasteiger partial charge is 0.461 e. The zero-order valence-electron chi connectivity index (χ0n) is 11.9. The van der Waals surface area contributed by atoms with E-state index < -0.39 is 0 Å². The van der Waals surface area contributed by atoms with Crippen LogP contribution in [0.15, 0.2) is 0 Å². The number of hydrogen-bond acceptors (Lipinski definition) is 3. The van der Waals surface area contributed by atoms with Crippen molar-refractivity contribution in [3.63, 3.8) is 0 Å². The van der Waals surface area contributed by atoms with E-state index in [-0.39, 0.29) is 18.1 Å². The maximum atomic E-state index is 12.4. The Morgan fingerprint density at radius 1 is 1.05 bits per heavy atom. The molecule has 3 heteroatoms. The van der Waals surface area contributed by atoms with Gasteiger partial charge in [-0.25, -0.2) is 0 Å². The van der Waals surface area contributed by atoms with Crippen LogP contribution in [0, 0.1) is 23.7 Å². The molecule has 1 atom stereocenters. The predicted molar refractivity (Wildman–Crippen MR) is 72.6 cm³/mol. The second kappa shape index (κ2) is 4.47. The van der Waals surface area contributed by atoms with E-state index in [0.717, 1.165) is 31.2 Å². The third kappa shape index (κ3) is 2.01. The molecular formula is C16H25NO2. The van der Waals surface area contributed by atoms with Crippen molar-refractivity contribution in [3.8, 4) is 0 Å². The lowest BCUT2D eigenvalue weighted by atomic mass is 9.55. The van der Waals surface area contributed by atoms with Gasteiger partial charge >= 0.3 is 5.97 Å². The van der Waals surface area contributed by atoms with Crippen molar-refractivity contribution >= 4 is 5.97 Å². The topological polar surface area (TPSA) is 29.5 Å². The van der Waals surface area contributed by atoms with Gasteiger partial charge in [-0.3, -0.25) is 9.69 Å². The molecule has 5 fully saturated rings. The molecule has 0 N–H and O–H groups in total. The van der Waals surface area contributed by atoms with Crippen molar-refractivity contribution in [2.75, 3.05) is 13.6 Å². The number of hydrogen-bond donors (Lipinski definition) is 0. The lowest BCUT2D eigenvalue weighted by Gasteiger charge is -2.53. The maximum Gasteiger partial charge on any atom is 0.323 e. The van der Waals surface area contributed by atoms with Gasteiger partial charge in [-0.1, -0.05) is 0 Å². The van der Waals surface area contributed by atoms with Crippen LogP contribution in [0.3, 0.4) is 0 Å². The molecule has 5 aliphatic rings. The Morgan fingerprint density at radius 2 is 1.68 bits per heavy atom. The molecule has 0 spiro atoms. The lowest BCUT2D eigenvalue weighted by molar-refractivity contribution is -0.175. The number of likely N-dealkylation sites (tertiary alicyclic amines) is 1. The maximum absolute atomic E-state index is 12.4. The minimum absolute atomic E-state index is 0.0391. The van der Waals surface area contributed by atoms with Crippen molar-refractivity contribution in [2.24, 2.45) is 23.7 Å². The second-order valence-corrected chi connectivity index (χ2v) is 7.47. The van der Waals surface area contributed by atoms with Crippen LogP contribution in [0.5, 0.6) is 0 Å². The third-order valence-corrected chi connectivity index (χ3v) is 6.18. The van der Waals surface area contributed by atoms with Gasteiger partial charge in [0.25, 0.3) is 0 Å². The van der Waals surface area contributed by atoms with E-state index in [2.05, 4.69) is 11.9 Å². The Hall–Kier alpha value is -0.570. The molecule has 1 saturated heterocycles. The monoisotopic (exact) mass is 263 g/mol. The SMILES string of the molecule is CN1CCCC1C(=O)OC1C2CC3CC(C2)CC1C3. The number of likely N-dealkylation sites (N-methyl/N-ethyl adjacent to an activating group) is 1. The molecule has 5 rings (SSSR count). The van der Waals surface area contributed by atoms with Crippen LogP contribution in [0.1, 0.15) is 44.9 Å². The number of nitrogens with zero attached hydrogens (tertiary/aromatic N) is 1. The summed E-state index contributed by atoms with van der Waals surface area (Å²) in [6, 6.07) is 0.0391. The minimum atomic E-state index is 0.0391. The molecule has 0 aromatic carbocycles. The van der Waals surface area contributed by atoms with E-state index >= 15 is 0 Å². The first-order valence-corrected chi connectivity index (χ1v) is 8.11. The molecule has 1 aliphatic heterocycles. The summed E-state index contributed by atoms with van der Waals surface area (Å²) in [4.78, 5) is 14.5. The van der Waals surface area contributed by atoms with E-state index in [0.29, 0.717) is 11.8 Å². The Morgan fingerprint density at radius 3 is 2.21 bits per heavy atom. The Bertz CT molecular complexity index is 353. The summed E-state index contributed by atoms with van der Waals surface area (Å²) in [5.41, 5.74) is 0. The van der Waals surface area contributed by atoms with E-state index in [4.69, 9.17) is 4.74 Å². The first-order chi connectivity index (χ1) is 9.20. The smallest absolute Gasteiger partial charge is 0.323 e. The van der Waals surface area contributed by atoms with Gasteiger partial charge in [-0.2, -0.15) is 0 Å². The molecule has 0 amide bonds. The molecule has 1 heterocycles. The molecule has 4 saturated carbocycles. The Kier molecular flexibility index (Phi) is 2.87. The molecule has 19 heavy (non-hydrogen) atoms. The highest BCUT2D eigenvalue weighted by molar-refractivity contribution is 5.76. The van der Waals surface area contributed by atoms with Gasteiger partial charge in [0.1, 0.15) is 12.1 Å². The molecule has 106 valence electrons. The van der Waals surface area contributed by atoms with E-state index in [1.807, 2.05) is 0 Å². The van der Waals surface area contributed by atoms with Gasteiger partial charge in [-0.15, -0.1) is 0 Å². The number of esters is 1. The van der Waals surface area contributed by atoms with Crippen molar-refractivity contribution in [3.05, 3.63) is 0 Å². The van der Waals surface area contributed by atoms with Gasteiger partial charge < -0.3 is 4.74 Å². The summed E-state index contributed by atoms with van der Waals surface area (Å²) >= 11 is 0. The number of rotatable bonds is 2. The molecule has 4 bridgehead atoms. The van der Waals surface area contributed by atoms with Crippen LogP contribution in [-0.2, 0) is 9.53 Å². The zero-order chi connectivity index (χ0) is 13.0. The normalized spacial score (nSPS) is 48.7.